The molecule has 0 saturated carbocycles. The molecule has 0 spiro atoms. The average Bonchev–Trinajstić information content (AvgIpc) is 3.30. The molecule has 11 heteroatoms. The second-order valence-corrected chi connectivity index (χ2v) is 7.09. The molecule has 1 fully saturated rings. The largest absolute Gasteiger partial charge is 0.496 e. The number of imide groups is 1. The molecule has 3 rings (SSSR count). The van der Waals surface area contributed by atoms with Gasteiger partial charge < -0.3 is 13.9 Å². The molecule has 156 valence electrons. The second-order valence-electron chi connectivity index (χ2n) is 6.09. The van der Waals surface area contributed by atoms with Gasteiger partial charge in [0.15, 0.2) is 0 Å². The Hall–Kier alpha value is -3.60. The number of amides is 2. The normalized spacial score (nSPS) is 16.1. The maximum Gasteiger partial charge on any atom is 0.328 e. The molecule has 0 N–H and O–H groups in total. The number of carbonyl (C=O) groups excluding carboxylic acids is 3. The van der Waals surface area contributed by atoms with Crippen molar-refractivity contribution in [3.05, 3.63) is 51.1 Å². The van der Waals surface area contributed by atoms with Crippen molar-refractivity contribution in [1.29, 1.82) is 0 Å². The Morgan fingerprint density at radius 2 is 2.00 bits per heavy atom. The van der Waals surface area contributed by atoms with Gasteiger partial charge in [0.25, 0.3) is 16.8 Å². The van der Waals surface area contributed by atoms with Gasteiger partial charge >= 0.3 is 5.97 Å². The number of hydrogen-bond acceptors (Lipinski definition) is 9. The minimum atomic E-state index is -1.06. The number of hydrogen-bond donors (Lipinski definition) is 0. The Bertz CT molecular complexity index is 1070. The lowest BCUT2D eigenvalue weighted by molar-refractivity contribution is -0.384. The van der Waals surface area contributed by atoms with Gasteiger partial charge in [-0.2, -0.15) is 0 Å². The van der Waals surface area contributed by atoms with E-state index in [1.165, 1.54) is 45.4 Å². The Morgan fingerprint density at radius 1 is 1.27 bits per heavy atom. The van der Waals surface area contributed by atoms with Crippen molar-refractivity contribution in [1.82, 2.24) is 4.90 Å². The molecule has 2 amide bonds. The Morgan fingerprint density at radius 3 is 2.63 bits per heavy atom. The third kappa shape index (κ3) is 3.92. The summed E-state index contributed by atoms with van der Waals surface area (Å²) in [5, 5.41) is 10.5. The lowest BCUT2D eigenvalue weighted by atomic mass is 10.1. The van der Waals surface area contributed by atoms with Crippen molar-refractivity contribution in [3.63, 3.8) is 0 Å². The van der Waals surface area contributed by atoms with Gasteiger partial charge in [-0.25, -0.2) is 4.79 Å². The molecular weight excluding hydrogens is 416 g/mol. The highest BCUT2D eigenvalue weighted by Crippen LogP contribution is 2.37. The smallest absolute Gasteiger partial charge is 0.328 e. The summed E-state index contributed by atoms with van der Waals surface area (Å²) in [6.45, 7) is 1.39. The van der Waals surface area contributed by atoms with Gasteiger partial charge in [-0.1, -0.05) is 0 Å². The summed E-state index contributed by atoms with van der Waals surface area (Å²) in [6.07, 6.45) is 1.36. The van der Waals surface area contributed by atoms with Crippen molar-refractivity contribution in [2.45, 2.75) is 13.0 Å². The number of non-ortho nitro benzene ring substituents is 1. The monoisotopic (exact) mass is 432 g/mol. The average molecular weight is 432 g/mol. The van der Waals surface area contributed by atoms with Crippen LogP contribution < -0.4 is 4.74 Å². The van der Waals surface area contributed by atoms with Gasteiger partial charge in [0.1, 0.15) is 23.3 Å². The van der Waals surface area contributed by atoms with Crippen LogP contribution >= 0.6 is 11.8 Å². The summed E-state index contributed by atoms with van der Waals surface area (Å²) >= 11 is 0.669. The fraction of sp³-hybridized carbons (Fsp3) is 0.211. The highest BCUT2D eigenvalue weighted by atomic mass is 32.2. The zero-order chi connectivity index (χ0) is 22.0. The van der Waals surface area contributed by atoms with Crippen LogP contribution in [0.4, 0.5) is 10.5 Å². The predicted molar refractivity (Wildman–Crippen MR) is 107 cm³/mol. The van der Waals surface area contributed by atoms with E-state index in [0.717, 1.165) is 4.90 Å². The first-order valence-electron chi connectivity index (χ1n) is 8.54. The van der Waals surface area contributed by atoms with E-state index in [-0.39, 0.29) is 22.1 Å². The van der Waals surface area contributed by atoms with E-state index >= 15 is 0 Å². The minimum Gasteiger partial charge on any atom is -0.496 e. The molecular formula is C19H16N2O8S. The van der Waals surface area contributed by atoms with Crippen LogP contribution in [0.1, 0.15) is 12.7 Å². The Kier molecular flexibility index (Phi) is 5.92. The summed E-state index contributed by atoms with van der Waals surface area (Å²) < 4.78 is 15.5. The molecule has 2 heterocycles. The lowest BCUT2D eigenvalue weighted by Gasteiger charge is -2.18. The number of nitrogens with zero attached hydrogens (tertiary/aromatic N) is 2. The molecule has 2 aromatic rings. The zero-order valence-electron chi connectivity index (χ0n) is 16.1. The van der Waals surface area contributed by atoms with Crippen molar-refractivity contribution in [2.24, 2.45) is 0 Å². The van der Waals surface area contributed by atoms with E-state index in [1.54, 1.807) is 12.1 Å². The highest BCUT2D eigenvalue weighted by Gasteiger charge is 2.41. The minimum absolute atomic E-state index is 0.0719. The number of rotatable bonds is 6. The zero-order valence-corrected chi connectivity index (χ0v) is 16.9. The van der Waals surface area contributed by atoms with Gasteiger partial charge in [-0.15, -0.1) is 0 Å². The number of methoxy groups -OCH3 is 2. The van der Waals surface area contributed by atoms with Crippen LogP contribution in [0.25, 0.3) is 17.4 Å². The van der Waals surface area contributed by atoms with Gasteiger partial charge in [0.05, 0.1) is 29.6 Å². The standard InChI is InChI=1S/C19H16N2O8S/c1-10(18(23)28-3)20-17(22)16(30-19(20)24)9-12-5-7-15(29-12)13-8-11(21(25)26)4-6-14(13)27-2/h4-10H,1-3H3. The molecule has 0 bridgehead atoms. The van der Waals surface area contributed by atoms with E-state index in [9.17, 15) is 24.5 Å². The molecule has 1 atom stereocenters. The molecule has 0 aliphatic carbocycles. The molecule has 1 aliphatic rings. The molecule has 10 nitrogen and oxygen atoms in total. The fourth-order valence-electron chi connectivity index (χ4n) is 2.80. The fourth-order valence-corrected chi connectivity index (χ4v) is 3.68. The topological polar surface area (TPSA) is 129 Å². The number of thioether (sulfide) groups is 1. The van der Waals surface area contributed by atoms with Crippen LogP contribution in [0.3, 0.4) is 0 Å². The van der Waals surface area contributed by atoms with Crippen LogP contribution in [0, 0.1) is 10.1 Å². The number of nitro benzene ring substituents is 1. The van der Waals surface area contributed by atoms with Crippen LogP contribution in [-0.2, 0) is 14.3 Å². The molecule has 1 unspecified atom stereocenters. The molecule has 1 aromatic heterocycles. The van der Waals surface area contributed by atoms with E-state index in [1.807, 2.05) is 0 Å². The number of ether oxygens (including phenoxy) is 2. The summed E-state index contributed by atoms with van der Waals surface area (Å²) in [4.78, 5) is 47.8. The molecule has 30 heavy (non-hydrogen) atoms. The van der Waals surface area contributed by atoms with Crippen molar-refractivity contribution < 1.29 is 33.2 Å². The quantitative estimate of drug-likeness (QED) is 0.291. The molecule has 1 aromatic carbocycles. The Labute approximate surface area is 174 Å². The third-order valence-corrected chi connectivity index (χ3v) is 5.20. The van der Waals surface area contributed by atoms with Crippen LogP contribution in [-0.4, -0.2) is 47.2 Å². The molecule has 1 aliphatic heterocycles. The highest BCUT2D eigenvalue weighted by molar-refractivity contribution is 8.18. The van der Waals surface area contributed by atoms with Crippen molar-refractivity contribution in [3.8, 4) is 17.1 Å². The van der Waals surface area contributed by atoms with Crippen molar-refractivity contribution >= 4 is 40.6 Å². The summed E-state index contributed by atoms with van der Waals surface area (Å²) in [5.74, 6) is -0.460. The first-order chi connectivity index (χ1) is 14.3. The van der Waals surface area contributed by atoms with Gasteiger partial charge in [0.2, 0.25) is 0 Å². The lowest BCUT2D eigenvalue weighted by Crippen LogP contribution is -2.42. The van der Waals surface area contributed by atoms with E-state index in [4.69, 9.17) is 9.15 Å². The first kappa shape index (κ1) is 21.1. The molecule has 0 radical (unpaired) electrons. The number of carbonyl (C=O) groups is 3. The maximum atomic E-state index is 12.6. The van der Waals surface area contributed by atoms with Gasteiger partial charge in [0, 0.05) is 18.2 Å². The number of furan rings is 1. The van der Waals surface area contributed by atoms with Gasteiger partial charge in [-0.05, 0) is 36.9 Å². The summed E-state index contributed by atoms with van der Waals surface area (Å²) in [7, 11) is 2.59. The SMILES string of the molecule is COC(=O)C(C)N1C(=O)SC(=Cc2ccc(-c3cc([N+](=O)[O-])ccc3OC)o2)C1=O. The van der Waals surface area contributed by atoms with Crippen LogP contribution in [0.15, 0.2) is 39.7 Å². The molecule has 1 saturated heterocycles. The predicted octanol–water partition coefficient (Wildman–Crippen LogP) is 3.46. The van der Waals surface area contributed by atoms with Crippen LogP contribution in [0.5, 0.6) is 5.75 Å². The van der Waals surface area contributed by atoms with Crippen molar-refractivity contribution in [2.75, 3.05) is 14.2 Å². The van der Waals surface area contributed by atoms with Crippen LogP contribution in [0.2, 0.25) is 0 Å². The summed E-state index contributed by atoms with van der Waals surface area (Å²) in [5.41, 5.74) is 0.223. The van der Waals surface area contributed by atoms with Gasteiger partial charge in [-0.3, -0.25) is 24.6 Å². The summed E-state index contributed by atoms with van der Waals surface area (Å²) in [6, 6.07) is 6.13. The number of benzene rings is 1. The second kappa shape index (κ2) is 8.41. The number of nitro groups is 1. The Balaban J connectivity index is 1.91. The maximum absolute atomic E-state index is 12.6. The van der Waals surface area contributed by atoms with E-state index in [2.05, 4.69) is 4.74 Å². The first-order valence-corrected chi connectivity index (χ1v) is 9.36. The third-order valence-electron chi connectivity index (χ3n) is 4.31. The number of esters is 1. The van der Waals surface area contributed by atoms with E-state index < -0.39 is 28.1 Å². The van der Waals surface area contributed by atoms with E-state index in [0.29, 0.717) is 23.1 Å².